The summed E-state index contributed by atoms with van der Waals surface area (Å²) in [6.07, 6.45) is -0.479. The topological polar surface area (TPSA) is 42.2 Å². The van der Waals surface area contributed by atoms with Gasteiger partial charge in [0.2, 0.25) is 8.32 Å². The van der Waals surface area contributed by atoms with Crippen molar-refractivity contribution in [2.45, 2.75) is 45.4 Å². The van der Waals surface area contributed by atoms with E-state index in [1.807, 2.05) is 24.3 Å². The Balaban J connectivity index is 2.83. The lowest BCUT2D eigenvalue weighted by molar-refractivity contribution is 0.255. The van der Waals surface area contributed by atoms with E-state index in [9.17, 15) is 5.26 Å². The molecule has 0 spiro atoms. The van der Waals surface area contributed by atoms with Gasteiger partial charge in [0.25, 0.3) is 0 Å². The first kappa shape index (κ1) is 16.0. The van der Waals surface area contributed by atoms with E-state index >= 15 is 0 Å². The fraction of sp³-hybridized carbons (Fsp3) is 0.500. The molecular weight excluding hydrogens is 270 g/mol. The highest BCUT2D eigenvalue weighted by atomic mass is 28.4. The molecule has 0 heterocycles. The summed E-state index contributed by atoms with van der Waals surface area (Å²) >= 11 is 0. The zero-order chi connectivity index (χ0) is 14.7. The molecule has 1 unspecified atom stereocenters. The van der Waals surface area contributed by atoms with Crippen LogP contribution in [-0.2, 0) is 4.43 Å². The Morgan fingerprint density at radius 2 is 1.47 bits per heavy atom. The van der Waals surface area contributed by atoms with Crippen LogP contribution in [0.4, 0.5) is 0 Å². The van der Waals surface area contributed by atoms with Crippen molar-refractivity contribution in [2.75, 3.05) is 0 Å². The summed E-state index contributed by atoms with van der Waals surface area (Å²) in [6.45, 7) is 12.7. The van der Waals surface area contributed by atoms with Crippen molar-refractivity contribution in [3.05, 3.63) is 29.8 Å². The lowest BCUT2D eigenvalue weighted by Gasteiger charge is -2.23. The van der Waals surface area contributed by atoms with Crippen molar-refractivity contribution in [3.63, 3.8) is 0 Å². The second-order valence-electron chi connectivity index (χ2n) is 6.52. The second-order valence-corrected chi connectivity index (χ2v) is 15.4. The summed E-state index contributed by atoms with van der Waals surface area (Å²) in [4.78, 5) is 0. The fourth-order valence-corrected chi connectivity index (χ4v) is 3.33. The summed E-state index contributed by atoms with van der Waals surface area (Å²) in [7, 11) is -3.30. The van der Waals surface area contributed by atoms with Crippen molar-refractivity contribution >= 4 is 16.6 Å². The van der Waals surface area contributed by atoms with Gasteiger partial charge in [0.05, 0.1) is 6.07 Å². The Morgan fingerprint density at radius 1 is 0.947 bits per heavy atom. The van der Waals surface area contributed by atoms with Gasteiger partial charge in [0.15, 0.2) is 14.4 Å². The highest BCUT2D eigenvalue weighted by molar-refractivity contribution is 6.70. The third-order valence-corrected chi connectivity index (χ3v) is 3.99. The van der Waals surface area contributed by atoms with Crippen LogP contribution in [0.2, 0.25) is 39.3 Å². The van der Waals surface area contributed by atoms with Gasteiger partial charge in [-0.1, -0.05) is 12.1 Å². The first-order valence-corrected chi connectivity index (χ1v) is 13.3. The Bertz CT molecular complexity index is 452. The molecule has 1 rings (SSSR count). The quantitative estimate of drug-likeness (QED) is 0.759. The van der Waals surface area contributed by atoms with E-state index in [0.29, 0.717) is 0 Å². The van der Waals surface area contributed by atoms with Gasteiger partial charge in [-0.2, -0.15) is 5.26 Å². The molecule has 0 saturated carbocycles. The molecule has 0 aliphatic heterocycles. The van der Waals surface area contributed by atoms with Crippen LogP contribution in [0.1, 0.15) is 11.7 Å². The van der Waals surface area contributed by atoms with E-state index in [4.69, 9.17) is 8.85 Å². The molecular formula is C14H23NO2Si2. The molecule has 1 aromatic rings. The van der Waals surface area contributed by atoms with Crippen LogP contribution in [0.15, 0.2) is 24.3 Å². The summed E-state index contributed by atoms with van der Waals surface area (Å²) in [5.41, 5.74) is 0.896. The number of nitriles is 1. The minimum Gasteiger partial charge on any atom is -0.544 e. The maximum Gasteiger partial charge on any atom is 0.242 e. The summed E-state index contributed by atoms with van der Waals surface area (Å²) < 4.78 is 11.8. The van der Waals surface area contributed by atoms with Crippen molar-refractivity contribution < 1.29 is 8.85 Å². The fourth-order valence-electron chi connectivity index (χ4n) is 1.59. The van der Waals surface area contributed by atoms with Gasteiger partial charge < -0.3 is 8.85 Å². The molecule has 0 radical (unpaired) electrons. The molecule has 0 amide bonds. The van der Waals surface area contributed by atoms with Crippen LogP contribution in [0.3, 0.4) is 0 Å². The van der Waals surface area contributed by atoms with E-state index in [2.05, 4.69) is 45.4 Å². The van der Waals surface area contributed by atoms with Gasteiger partial charge in [-0.3, -0.25) is 0 Å². The van der Waals surface area contributed by atoms with Crippen LogP contribution >= 0.6 is 0 Å². The van der Waals surface area contributed by atoms with Gasteiger partial charge in [0.1, 0.15) is 5.75 Å². The molecule has 1 atom stereocenters. The molecule has 104 valence electrons. The standard InChI is InChI=1S/C14H23NO2Si2/c1-18(2,3)16-13-9-7-12(8-10-13)14(11-15)17-19(4,5)6/h7-10,14H,1-6H3. The average molecular weight is 294 g/mol. The molecule has 0 N–H and O–H groups in total. The lowest BCUT2D eigenvalue weighted by atomic mass is 10.1. The van der Waals surface area contributed by atoms with Crippen molar-refractivity contribution in [2.24, 2.45) is 0 Å². The van der Waals surface area contributed by atoms with Crippen LogP contribution in [0.5, 0.6) is 5.75 Å². The molecule has 0 aliphatic rings. The Hall–Kier alpha value is -1.10. The molecule has 0 aliphatic carbocycles. The molecule has 0 bridgehead atoms. The minimum absolute atomic E-state index is 0.479. The van der Waals surface area contributed by atoms with Gasteiger partial charge in [-0.25, -0.2) is 0 Å². The zero-order valence-electron chi connectivity index (χ0n) is 12.7. The Kier molecular flexibility index (Phi) is 4.96. The maximum absolute atomic E-state index is 9.22. The molecule has 1 aromatic carbocycles. The third kappa shape index (κ3) is 6.05. The van der Waals surface area contributed by atoms with Gasteiger partial charge in [-0.15, -0.1) is 0 Å². The molecule has 19 heavy (non-hydrogen) atoms. The number of nitrogens with zero attached hydrogens (tertiary/aromatic N) is 1. The van der Waals surface area contributed by atoms with Gasteiger partial charge in [-0.05, 0) is 57.0 Å². The maximum atomic E-state index is 9.22. The summed E-state index contributed by atoms with van der Waals surface area (Å²) in [5, 5.41) is 9.22. The number of hydrogen-bond acceptors (Lipinski definition) is 3. The monoisotopic (exact) mass is 293 g/mol. The highest BCUT2D eigenvalue weighted by Crippen LogP contribution is 2.24. The number of benzene rings is 1. The molecule has 0 fully saturated rings. The van der Waals surface area contributed by atoms with E-state index in [1.165, 1.54) is 0 Å². The molecule has 5 heteroatoms. The van der Waals surface area contributed by atoms with Crippen molar-refractivity contribution in [1.82, 2.24) is 0 Å². The van der Waals surface area contributed by atoms with E-state index in [1.54, 1.807) is 0 Å². The van der Waals surface area contributed by atoms with Crippen molar-refractivity contribution in [3.8, 4) is 11.8 Å². The second kappa shape index (κ2) is 5.91. The van der Waals surface area contributed by atoms with E-state index < -0.39 is 22.7 Å². The normalized spacial score (nSPS) is 13.7. The average Bonchev–Trinajstić information content (AvgIpc) is 2.23. The van der Waals surface area contributed by atoms with E-state index in [0.717, 1.165) is 11.3 Å². The first-order chi connectivity index (χ1) is 8.61. The van der Waals surface area contributed by atoms with Gasteiger partial charge in [0, 0.05) is 0 Å². The largest absolute Gasteiger partial charge is 0.544 e. The Labute approximate surface area is 118 Å². The summed E-state index contributed by atoms with van der Waals surface area (Å²) in [5.74, 6) is 0.868. The van der Waals surface area contributed by atoms with Crippen molar-refractivity contribution in [1.29, 1.82) is 5.26 Å². The SMILES string of the molecule is C[Si](C)(C)Oc1ccc(C(C#N)O[Si](C)(C)C)cc1. The number of rotatable bonds is 5. The molecule has 0 saturated heterocycles. The third-order valence-electron chi connectivity index (χ3n) is 2.20. The minimum atomic E-state index is -1.72. The first-order valence-electron chi connectivity index (χ1n) is 6.47. The molecule has 3 nitrogen and oxygen atoms in total. The Morgan fingerprint density at radius 3 is 1.84 bits per heavy atom. The molecule has 0 aromatic heterocycles. The van der Waals surface area contributed by atoms with Crippen LogP contribution in [0.25, 0.3) is 0 Å². The van der Waals surface area contributed by atoms with Gasteiger partial charge >= 0.3 is 0 Å². The number of hydrogen-bond donors (Lipinski definition) is 0. The van der Waals surface area contributed by atoms with Crippen LogP contribution in [0, 0.1) is 11.3 Å². The highest BCUT2D eigenvalue weighted by Gasteiger charge is 2.22. The van der Waals surface area contributed by atoms with E-state index in [-0.39, 0.29) is 0 Å². The zero-order valence-corrected chi connectivity index (χ0v) is 14.7. The smallest absolute Gasteiger partial charge is 0.242 e. The summed E-state index contributed by atoms with van der Waals surface area (Å²) in [6, 6.07) is 9.91. The predicted octanol–water partition coefficient (Wildman–Crippen LogP) is 4.32. The lowest BCUT2D eigenvalue weighted by Crippen LogP contribution is -2.29. The van der Waals surface area contributed by atoms with Crippen LogP contribution < -0.4 is 4.43 Å². The predicted molar refractivity (Wildman–Crippen MR) is 83.2 cm³/mol. The van der Waals surface area contributed by atoms with Crippen LogP contribution in [-0.4, -0.2) is 16.6 Å².